The van der Waals surface area contributed by atoms with Crippen LogP contribution in [-0.4, -0.2) is 42.1 Å². The summed E-state index contributed by atoms with van der Waals surface area (Å²) in [5.74, 6) is -4.60. The van der Waals surface area contributed by atoms with Crippen LogP contribution in [0.2, 0.25) is 0 Å². The lowest BCUT2D eigenvalue weighted by atomic mass is 9.75. The van der Waals surface area contributed by atoms with Gasteiger partial charge >= 0.3 is 9.90 Å². The molecule has 2 fully saturated rings. The third-order valence-electron chi connectivity index (χ3n) is 7.93. The third kappa shape index (κ3) is 6.89. The van der Waals surface area contributed by atoms with Crippen LogP contribution in [0.15, 0.2) is 30.3 Å². The highest BCUT2D eigenvalue weighted by molar-refractivity contribution is 14.1. The summed E-state index contributed by atoms with van der Waals surface area (Å²) >= 11 is 2.64. The van der Waals surface area contributed by atoms with Crippen LogP contribution in [0.3, 0.4) is 0 Å². The minimum Gasteiger partial charge on any atom is -0.496 e. The van der Waals surface area contributed by atoms with Gasteiger partial charge in [-0.05, 0) is 92.3 Å². The van der Waals surface area contributed by atoms with Gasteiger partial charge in [0.25, 0.3) is 11.8 Å². The maximum absolute atomic E-state index is 15.1. The lowest BCUT2D eigenvalue weighted by Gasteiger charge is -2.37. The number of nitrogens with zero attached hydrogens (tertiary/aromatic N) is 1. The zero-order valence-corrected chi connectivity index (χ0v) is 26.9. The summed E-state index contributed by atoms with van der Waals surface area (Å²) in [7, 11) is 1.26. The molecule has 0 aliphatic heterocycles. The van der Waals surface area contributed by atoms with Crippen molar-refractivity contribution in [2.75, 3.05) is 12.2 Å². The van der Waals surface area contributed by atoms with Crippen LogP contribution in [0.5, 0.6) is 11.5 Å². The number of benzene rings is 2. The van der Waals surface area contributed by atoms with Crippen molar-refractivity contribution >= 4 is 68.7 Å². The van der Waals surface area contributed by atoms with Crippen LogP contribution < -0.4 is 19.9 Å². The predicted octanol–water partition coefficient (Wildman–Crippen LogP) is 6.76. The Kier molecular flexibility index (Phi) is 9.84. The van der Waals surface area contributed by atoms with Gasteiger partial charge in [0.1, 0.15) is 5.75 Å². The Morgan fingerprint density at radius 1 is 1.10 bits per heavy atom. The number of carbonyl (C=O) groups excluding carboxylic acids is 2. The van der Waals surface area contributed by atoms with E-state index in [2.05, 4.69) is 5.32 Å². The van der Waals surface area contributed by atoms with Crippen molar-refractivity contribution in [2.24, 2.45) is 11.3 Å². The van der Waals surface area contributed by atoms with E-state index in [-0.39, 0.29) is 37.9 Å². The molecule has 0 bridgehead atoms. The number of alkyl halides is 3. The first kappa shape index (κ1) is 32.5. The van der Waals surface area contributed by atoms with Crippen molar-refractivity contribution < 1.29 is 46.6 Å². The molecule has 2 aliphatic rings. The number of rotatable bonds is 9. The zero-order valence-electron chi connectivity index (χ0n) is 22.6. The van der Waals surface area contributed by atoms with Crippen molar-refractivity contribution in [2.45, 2.75) is 61.5 Å². The normalized spacial score (nSPS) is 23.9. The van der Waals surface area contributed by atoms with Crippen LogP contribution >= 0.6 is 45.2 Å². The molecular weight excluding hydrogens is 790 g/mol. The summed E-state index contributed by atoms with van der Waals surface area (Å²) in [6.07, 6.45) is 1.65. The SMILES string of the molecule is COc1cc(F)c(OC2CCC(C)(C(=O)O)CC2)cc1C(=O)N[C@@H]1CC[C@@H]1C(=O)N(F)c1ccc(I)c(C(F)(F)I)c1. The Bertz CT molecular complexity index is 1380. The van der Waals surface area contributed by atoms with Gasteiger partial charge in [-0.2, -0.15) is 8.78 Å². The van der Waals surface area contributed by atoms with Crippen molar-refractivity contribution in [3.05, 3.63) is 50.8 Å². The smallest absolute Gasteiger partial charge is 0.322 e. The molecule has 14 heteroatoms. The van der Waals surface area contributed by atoms with Crippen LogP contribution in [0.1, 0.15) is 61.4 Å². The number of methoxy groups -OCH3 is 1. The first-order chi connectivity index (χ1) is 19.6. The van der Waals surface area contributed by atoms with Gasteiger partial charge in [-0.15, -0.1) is 5.12 Å². The Balaban J connectivity index is 1.45. The van der Waals surface area contributed by atoms with Crippen LogP contribution in [-0.2, 0) is 13.5 Å². The Morgan fingerprint density at radius 2 is 1.76 bits per heavy atom. The highest BCUT2D eigenvalue weighted by Gasteiger charge is 2.42. The molecule has 0 saturated heterocycles. The quantitative estimate of drug-likeness (QED) is 0.126. The van der Waals surface area contributed by atoms with Crippen molar-refractivity contribution in [3.63, 3.8) is 0 Å². The van der Waals surface area contributed by atoms with Crippen molar-refractivity contribution in [1.29, 1.82) is 0 Å². The summed E-state index contributed by atoms with van der Waals surface area (Å²) in [4.78, 5) is 37.6. The van der Waals surface area contributed by atoms with Crippen molar-refractivity contribution in [3.8, 4) is 11.5 Å². The topological polar surface area (TPSA) is 105 Å². The molecule has 42 heavy (non-hydrogen) atoms. The summed E-state index contributed by atoms with van der Waals surface area (Å²) in [6, 6.07) is 4.84. The maximum Gasteiger partial charge on any atom is 0.322 e. The average molecular weight is 818 g/mol. The molecule has 0 aromatic heterocycles. The number of carboxylic acid groups (broad SMARTS) is 1. The Morgan fingerprint density at radius 3 is 2.31 bits per heavy atom. The molecule has 228 valence electrons. The molecule has 2 N–H and O–H groups in total. The molecule has 2 atom stereocenters. The molecule has 2 amide bonds. The number of aliphatic carboxylic acids is 1. The van der Waals surface area contributed by atoms with E-state index in [0.717, 1.165) is 34.7 Å². The van der Waals surface area contributed by atoms with E-state index in [1.807, 2.05) is 0 Å². The largest absolute Gasteiger partial charge is 0.496 e. The Hall–Kier alpha value is -2.37. The predicted molar refractivity (Wildman–Crippen MR) is 161 cm³/mol. The van der Waals surface area contributed by atoms with Crippen LogP contribution in [0.25, 0.3) is 0 Å². The second-order valence-corrected chi connectivity index (χ2v) is 13.2. The fraction of sp³-hybridized carbons (Fsp3) is 0.464. The first-order valence-corrected chi connectivity index (χ1v) is 15.3. The number of anilines is 1. The first-order valence-electron chi connectivity index (χ1n) is 13.1. The molecule has 2 saturated carbocycles. The number of hydrogen-bond donors (Lipinski definition) is 2. The molecule has 2 aliphatic carbocycles. The van der Waals surface area contributed by atoms with E-state index in [4.69, 9.17) is 9.47 Å². The van der Waals surface area contributed by atoms with Crippen LogP contribution in [0, 0.1) is 20.7 Å². The maximum atomic E-state index is 15.1. The van der Waals surface area contributed by atoms with E-state index < -0.39 is 56.6 Å². The summed E-state index contributed by atoms with van der Waals surface area (Å²) in [5, 5.41) is 11.9. The second kappa shape index (κ2) is 12.7. The number of hydrogen-bond acceptors (Lipinski definition) is 5. The lowest BCUT2D eigenvalue weighted by molar-refractivity contribution is -0.150. The molecule has 8 nitrogen and oxygen atoms in total. The van der Waals surface area contributed by atoms with Crippen molar-refractivity contribution in [1.82, 2.24) is 5.32 Å². The van der Waals surface area contributed by atoms with E-state index in [0.29, 0.717) is 32.1 Å². The minimum absolute atomic E-state index is 0.0677. The molecular formula is C28H28F4I2N2O6. The number of ether oxygens (including phenoxy) is 2. The molecule has 0 radical (unpaired) electrons. The van der Waals surface area contributed by atoms with Gasteiger partial charge in [-0.1, -0.05) is 4.48 Å². The molecule has 0 unspecified atom stereocenters. The van der Waals surface area contributed by atoms with Crippen LogP contribution in [0.4, 0.5) is 23.3 Å². The average Bonchev–Trinajstić information content (AvgIpc) is 2.92. The van der Waals surface area contributed by atoms with Gasteiger partial charge < -0.3 is 19.9 Å². The number of carboxylic acids is 1. The fourth-order valence-electron chi connectivity index (χ4n) is 5.05. The summed E-state index contributed by atoms with van der Waals surface area (Å²) < 4.78 is 65.7. The van der Waals surface area contributed by atoms with Gasteiger partial charge in [0.05, 0.1) is 35.8 Å². The summed E-state index contributed by atoms with van der Waals surface area (Å²) in [5.41, 5.74) is -1.73. The molecule has 2 aromatic rings. The van der Waals surface area contributed by atoms with E-state index in [9.17, 15) is 32.7 Å². The van der Waals surface area contributed by atoms with Gasteiger partial charge in [0.15, 0.2) is 11.6 Å². The zero-order chi connectivity index (χ0) is 31.0. The Labute approximate surface area is 266 Å². The van der Waals surface area contributed by atoms with E-state index in [1.54, 1.807) is 29.5 Å². The number of amides is 2. The van der Waals surface area contributed by atoms with E-state index >= 15 is 4.48 Å². The monoisotopic (exact) mass is 818 g/mol. The van der Waals surface area contributed by atoms with Gasteiger partial charge in [-0.3, -0.25) is 14.4 Å². The second-order valence-electron chi connectivity index (χ2n) is 10.7. The fourth-order valence-corrected chi connectivity index (χ4v) is 6.69. The summed E-state index contributed by atoms with van der Waals surface area (Å²) in [6.45, 7) is 1.66. The van der Waals surface area contributed by atoms with Gasteiger partial charge in [0.2, 0.25) is 0 Å². The van der Waals surface area contributed by atoms with E-state index in [1.165, 1.54) is 25.3 Å². The number of nitrogens with one attached hydrogen (secondary N) is 1. The molecule has 2 aromatic carbocycles. The van der Waals surface area contributed by atoms with Gasteiger partial charge in [0, 0.05) is 43.8 Å². The molecule has 4 rings (SSSR count). The third-order valence-corrected chi connectivity index (χ3v) is 9.45. The molecule has 0 spiro atoms. The lowest BCUT2D eigenvalue weighted by Crippen LogP contribution is -2.52. The standard InChI is InChI=1S/C28H28F4I2N2O6/c1-27(26(39)40)9-7-15(8-10-27)42-23-12-17(22(41-2)13-19(23)29)24(37)35-21-6-4-16(21)25(38)36(32)14-3-5-20(33)18(11-14)28(30,31)34/h3,5,11-13,15-16,21H,4,6-10H2,1-2H3,(H,35,37)(H,39,40)/t15?,16-,21+,27?/m0/s1. The minimum atomic E-state index is -3.27. The highest BCUT2D eigenvalue weighted by Crippen LogP contribution is 2.41. The molecule has 0 heterocycles. The number of carbonyl (C=O) groups is 3. The van der Waals surface area contributed by atoms with Gasteiger partial charge in [-0.25, -0.2) is 4.39 Å². The number of halogens is 6. The highest BCUT2D eigenvalue weighted by atomic mass is 127.